The number of piperidine rings is 1. The summed E-state index contributed by atoms with van der Waals surface area (Å²) in [6.07, 6.45) is 3.34. The summed E-state index contributed by atoms with van der Waals surface area (Å²) in [5, 5.41) is 3.38. The summed E-state index contributed by atoms with van der Waals surface area (Å²) in [6.45, 7) is 6.94. The van der Waals surface area contributed by atoms with Crippen LogP contribution in [0.25, 0.3) is 11.0 Å². The van der Waals surface area contributed by atoms with Crippen LogP contribution < -0.4 is 11.1 Å². The predicted molar refractivity (Wildman–Crippen MR) is 98.4 cm³/mol. The SMILES string of the molecule is CC(C)(C)OC(=O)N1CCC[C@@H](Nc2cnc3cc(N)ccc3n2)C1. The fourth-order valence-corrected chi connectivity index (χ4v) is 2.89. The standard InChI is InChI=1S/C18H25N5O2/c1-18(2,3)25-17(24)23-8-4-5-13(11-23)21-16-10-20-15-9-12(19)6-7-14(15)22-16/h6-7,9-10,13H,4-5,8,11,19H2,1-3H3,(H,21,22)/t13-/m1/s1. The molecule has 0 aliphatic carbocycles. The summed E-state index contributed by atoms with van der Waals surface area (Å²) < 4.78 is 5.46. The number of carbonyl (C=O) groups excluding carboxylic acids is 1. The topological polar surface area (TPSA) is 93.4 Å². The highest BCUT2D eigenvalue weighted by molar-refractivity contribution is 5.79. The molecule has 1 saturated heterocycles. The van der Waals surface area contributed by atoms with Gasteiger partial charge in [0.1, 0.15) is 11.4 Å². The van der Waals surface area contributed by atoms with E-state index in [1.165, 1.54) is 0 Å². The molecule has 3 rings (SSSR count). The number of aromatic nitrogens is 2. The minimum Gasteiger partial charge on any atom is -0.444 e. The predicted octanol–water partition coefficient (Wildman–Crippen LogP) is 3.02. The fourth-order valence-electron chi connectivity index (χ4n) is 2.89. The summed E-state index contributed by atoms with van der Waals surface area (Å²) in [4.78, 5) is 23.0. The first-order valence-electron chi connectivity index (χ1n) is 8.57. The maximum absolute atomic E-state index is 12.3. The van der Waals surface area contributed by atoms with Gasteiger partial charge in [-0.1, -0.05) is 0 Å². The van der Waals surface area contributed by atoms with E-state index in [9.17, 15) is 4.79 Å². The number of amides is 1. The van der Waals surface area contributed by atoms with Gasteiger partial charge in [0.05, 0.1) is 17.2 Å². The van der Waals surface area contributed by atoms with Crippen molar-refractivity contribution in [1.82, 2.24) is 14.9 Å². The quantitative estimate of drug-likeness (QED) is 0.814. The van der Waals surface area contributed by atoms with Crippen LogP contribution in [-0.4, -0.2) is 45.7 Å². The van der Waals surface area contributed by atoms with Crippen LogP contribution in [-0.2, 0) is 4.74 Å². The lowest BCUT2D eigenvalue weighted by molar-refractivity contribution is 0.0206. The van der Waals surface area contributed by atoms with Crippen molar-refractivity contribution >= 4 is 28.6 Å². The Bertz CT molecular complexity index is 772. The molecule has 2 heterocycles. The number of nitrogens with two attached hydrogens (primary N) is 1. The van der Waals surface area contributed by atoms with Gasteiger partial charge in [-0.2, -0.15) is 0 Å². The number of hydrogen-bond acceptors (Lipinski definition) is 6. The molecule has 0 spiro atoms. The van der Waals surface area contributed by atoms with Crippen molar-refractivity contribution < 1.29 is 9.53 Å². The van der Waals surface area contributed by atoms with Gasteiger partial charge >= 0.3 is 6.09 Å². The Balaban J connectivity index is 1.66. The minimum atomic E-state index is -0.483. The van der Waals surface area contributed by atoms with Crippen molar-refractivity contribution in [2.24, 2.45) is 0 Å². The van der Waals surface area contributed by atoms with Gasteiger partial charge in [0.15, 0.2) is 0 Å². The van der Waals surface area contributed by atoms with Crippen LogP contribution >= 0.6 is 0 Å². The van der Waals surface area contributed by atoms with Crippen LogP contribution in [0.5, 0.6) is 0 Å². The average Bonchev–Trinajstić information content (AvgIpc) is 2.54. The number of nitrogens with zero attached hydrogens (tertiary/aromatic N) is 3. The lowest BCUT2D eigenvalue weighted by Gasteiger charge is -2.34. The summed E-state index contributed by atoms with van der Waals surface area (Å²) >= 11 is 0. The summed E-state index contributed by atoms with van der Waals surface area (Å²) in [6, 6.07) is 5.60. The second-order valence-corrected chi connectivity index (χ2v) is 7.41. The number of rotatable bonds is 2. The van der Waals surface area contributed by atoms with E-state index in [4.69, 9.17) is 10.5 Å². The molecule has 3 N–H and O–H groups in total. The molecule has 0 unspecified atom stereocenters. The van der Waals surface area contributed by atoms with E-state index in [0.29, 0.717) is 18.1 Å². The third-order valence-corrected chi connectivity index (χ3v) is 3.99. The van der Waals surface area contributed by atoms with Gasteiger partial charge in [0.2, 0.25) is 0 Å². The summed E-state index contributed by atoms with van der Waals surface area (Å²) in [5.74, 6) is 0.702. The van der Waals surface area contributed by atoms with E-state index in [0.717, 1.165) is 30.4 Å². The number of nitrogen functional groups attached to an aromatic ring is 1. The van der Waals surface area contributed by atoms with Crippen molar-refractivity contribution in [2.45, 2.75) is 45.3 Å². The number of anilines is 2. The second kappa shape index (κ2) is 6.74. The van der Waals surface area contributed by atoms with E-state index < -0.39 is 5.60 Å². The van der Waals surface area contributed by atoms with Crippen LogP contribution in [0.4, 0.5) is 16.3 Å². The van der Waals surface area contributed by atoms with Gasteiger partial charge < -0.3 is 20.7 Å². The third-order valence-electron chi connectivity index (χ3n) is 3.99. The number of benzene rings is 1. The van der Waals surface area contributed by atoms with E-state index in [1.807, 2.05) is 32.9 Å². The first-order chi connectivity index (χ1) is 11.8. The van der Waals surface area contributed by atoms with Crippen molar-refractivity contribution in [3.63, 3.8) is 0 Å². The van der Waals surface area contributed by atoms with Crippen LogP contribution in [0, 0.1) is 0 Å². The number of fused-ring (bicyclic) bond motifs is 1. The van der Waals surface area contributed by atoms with Gasteiger partial charge in [0.25, 0.3) is 0 Å². The molecule has 0 bridgehead atoms. The molecule has 1 atom stereocenters. The normalized spacial score (nSPS) is 18.2. The molecule has 134 valence electrons. The van der Waals surface area contributed by atoms with E-state index >= 15 is 0 Å². The Morgan fingerprint density at radius 1 is 1.36 bits per heavy atom. The first-order valence-corrected chi connectivity index (χ1v) is 8.57. The summed E-state index contributed by atoms with van der Waals surface area (Å²) in [7, 11) is 0. The number of carbonyl (C=O) groups is 1. The zero-order valence-electron chi connectivity index (χ0n) is 15.0. The Morgan fingerprint density at radius 3 is 2.92 bits per heavy atom. The highest BCUT2D eigenvalue weighted by Gasteiger charge is 2.27. The minimum absolute atomic E-state index is 0.127. The van der Waals surface area contributed by atoms with E-state index in [1.54, 1.807) is 17.2 Å². The van der Waals surface area contributed by atoms with Crippen LogP contribution in [0.15, 0.2) is 24.4 Å². The zero-order chi connectivity index (χ0) is 18.0. The monoisotopic (exact) mass is 343 g/mol. The van der Waals surface area contributed by atoms with Crippen LogP contribution in [0.1, 0.15) is 33.6 Å². The fraction of sp³-hybridized carbons (Fsp3) is 0.500. The van der Waals surface area contributed by atoms with Crippen molar-refractivity contribution in [2.75, 3.05) is 24.1 Å². The molecule has 7 heteroatoms. The van der Waals surface area contributed by atoms with E-state index in [-0.39, 0.29) is 12.1 Å². The second-order valence-electron chi connectivity index (χ2n) is 7.41. The molecular weight excluding hydrogens is 318 g/mol. The van der Waals surface area contributed by atoms with Crippen LogP contribution in [0.3, 0.4) is 0 Å². The number of hydrogen-bond donors (Lipinski definition) is 2. The lowest BCUT2D eigenvalue weighted by atomic mass is 10.1. The molecule has 25 heavy (non-hydrogen) atoms. The Labute approximate surface area is 147 Å². The molecule has 1 aromatic carbocycles. The van der Waals surface area contributed by atoms with Crippen molar-refractivity contribution in [1.29, 1.82) is 0 Å². The van der Waals surface area contributed by atoms with Gasteiger partial charge in [-0.3, -0.25) is 4.98 Å². The molecule has 1 aromatic heterocycles. The first kappa shape index (κ1) is 17.3. The molecule has 1 aliphatic rings. The Hall–Kier alpha value is -2.57. The zero-order valence-corrected chi connectivity index (χ0v) is 15.0. The summed E-state index contributed by atoms with van der Waals surface area (Å²) in [5.41, 5.74) is 7.51. The highest BCUT2D eigenvalue weighted by Crippen LogP contribution is 2.20. The largest absolute Gasteiger partial charge is 0.444 e. The Morgan fingerprint density at radius 2 is 2.16 bits per heavy atom. The molecule has 1 aliphatic heterocycles. The lowest BCUT2D eigenvalue weighted by Crippen LogP contribution is -2.47. The molecule has 1 amide bonds. The average molecular weight is 343 g/mol. The number of ether oxygens (including phenoxy) is 1. The maximum Gasteiger partial charge on any atom is 0.410 e. The smallest absolute Gasteiger partial charge is 0.410 e. The van der Waals surface area contributed by atoms with Gasteiger partial charge in [-0.05, 0) is 51.8 Å². The molecule has 0 radical (unpaired) electrons. The molecule has 0 saturated carbocycles. The van der Waals surface area contributed by atoms with E-state index in [2.05, 4.69) is 15.3 Å². The highest BCUT2D eigenvalue weighted by atomic mass is 16.6. The number of likely N-dealkylation sites (tertiary alicyclic amines) is 1. The maximum atomic E-state index is 12.3. The molecule has 1 fully saturated rings. The van der Waals surface area contributed by atoms with Gasteiger partial charge in [-0.15, -0.1) is 0 Å². The third kappa shape index (κ3) is 4.49. The molecular formula is C18H25N5O2. The number of nitrogens with one attached hydrogen (secondary N) is 1. The molecule has 2 aromatic rings. The molecule has 7 nitrogen and oxygen atoms in total. The van der Waals surface area contributed by atoms with Crippen LogP contribution in [0.2, 0.25) is 0 Å². The Kier molecular flexibility index (Phi) is 4.65. The van der Waals surface area contributed by atoms with Crippen molar-refractivity contribution in [3.8, 4) is 0 Å². The van der Waals surface area contributed by atoms with Gasteiger partial charge in [0, 0.05) is 24.8 Å². The van der Waals surface area contributed by atoms with Gasteiger partial charge in [-0.25, -0.2) is 9.78 Å². The van der Waals surface area contributed by atoms with Crippen molar-refractivity contribution in [3.05, 3.63) is 24.4 Å².